The van der Waals surface area contributed by atoms with Crippen LogP contribution in [0.4, 0.5) is 0 Å². The molecular weight excluding hydrogens is 332 g/mol. The first-order valence-corrected chi connectivity index (χ1v) is 10.5. The van der Waals surface area contributed by atoms with Gasteiger partial charge in [0.2, 0.25) is 0 Å². The van der Waals surface area contributed by atoms with E-state index in [0.717, 1.165) is 38.5 Å². The lowest BCUT2D eigenvalue weighted by Crippen LogP contribution is -2.64. The van der Waals surface area contributed by atoms with E-state index in [-0.39, 0.29) is 23.4 Å². The molecule has 4 aliphatic carbocycles. The summed E-state index contributed by atoms with van der Waals surface area (Å²) in [6, 6.07) is 0. The van der Waals surface area contributed by atoms with E-state index in [1.165, 1.54) is 0 Å². The SMILES string of the molecule is C[C@]12CC[C@@H](O)C[C@@H]1CC[C@@H]1[C@@H]2[C@@H](O)C[C@@]2(C)[C@H]1CC[C@]2(O)C(O)CO. The zero-order chi connectivity index (χ0) is 18.9. The highest BCUT2D eigenvalue weighted by atomic mass is 16.4. The molecule has 0 heterocycles. The van der Waals surface area contributed by atoms with E-state index >= 15 is 0 Å². The first kappa shape index (κ1) is 19.1. The summed E-state index contributed by atoms with van der Waals surface area (Å²) in [5, 5.41) is 52.5. The molecule has 5 N–H and O–H groups in total. The van der Waals surface area contributed by atoms with Crippen molar-refractivity contribution in [2.24, 2.45) is 34.5 Å². The fourth-order valence-corrected chi connectivity index (χ4v) is 8.10. The summed E-state index contributed by atoms with van der Waals surface area (Å²) in [4.78, 5) is 0. The number of aliphatic hydroxyl groups excluding tert-OH is 4. The van der Waals surface area contributed by atoms with E-state index in [4.69, 9.17) is 0 Å². The number of rotatable bonds is 2. The maximum atomic E-state index is 11.3. The lowest BCUT2D eigenvalue weighted by atomic mass is 9.43. The Morgan fingerprint density at radius 1 is 1.04 bits per heavy atom. The molecule has 4 saturated carbocycles. The molecule has 150 valence electrons. The maximum absolute atomic E-state index is 11.3. The second-order valence-electron chi connectivity index (χ2n) is 10.4. The molecule has 1 unspecified atom stereocenters. The Balaban J connectivity index is 1.68. The fraction of sp³-hybridized carbons (Fsp3) is 1.00. The van der Waals surface area contributed by atoms with Gasteiger partial charge in [-0.3, -0.25) is 0 Å². The minimum atomic E-state index is -1.32. The highest BCUT2D eigenvalue weighted by Gasteiger charge is 2.68. The average molecular weight is 369 g/mol. The van der Waals surface area contributed by atoms with Crippen LogP contribution in [0.1, 0.15) is 65.2 Å². The van der Waals surface area contributed by atoms with Crippen molar-refractivity contribution in [3.8, 4) is 0 Å². The molecule has 0 aliphatic heterocycles. The Morgan fingerprint density at radius 2 is 1.77 bits per heavy atom. The van der Waals surface area contributed by atoms with Crippen LogP contribution < -0.4 is 0 Å². The first-order valence-electron chi connectivity index (χ1n) is 10.5. The molecule has 0 bridgehead atoms. The Hall–Kier alpha value is -0.200. The molecule has 10 atom stereocenters. The van der Waals surface area contributed by atoms with E-state index in [1.54, 1.807) is 0 Å². The van der Waals surface area contributed by atoms with Gasteiger partial charge in [-0.05, 0) is 80.5 Å². The van der Waals surface area contributed by atoms with E-state index in [9.17, 15) is 25.5 Å². The molecule has 5 heteroatoms. The third-order valence-corrected chi connectivity index (χ3v) is 9.51. The van der Waals surface area contributed by atoms with Crippen molar-refractivity contribution in [1.29, 1.82) is 0 Å². The molecule has 4 rings (SSSR count). The van der Waals surface area contributed by atoms with Crippen LogP contribution in [-0.4, -0.2) is 56.1 Å². The summed E-state index contributed by atoms with van der Waals surface area (Å²) in [7, 11) is 0. The van der Waals surface area contributed by atoms with Crippen LogP contribution in [0.2, 0.25) is 0 Å². The molecule has 0 spiro atoms. The number of hydrogen-bond donors (Lipinski definition) is 5. The molecule has 0 aromatic carbocycles. The van der Waals surface area contributed by atoms with Crippen LogP contribution in [0.15, 0.2) is 0 Å². The monoisotopic (exact) mass is 368 g/mol. The van der Waals surface area contributed by atoms with Gasteiger partial charge < -0.3 is 25.5 Å². The second kappa shape index (κ2) is 6.15. The molecule has 0 aromatic rings. The topological polar surface area (TPSA) is 101 Å². The van der Waals surface area contributed by atoms with Crippen LogP contribution in [-0.2, 0) is 0 Å². The summed E-state index contributed by atoms with van der Waals surface area (Å²) < 4.78 is 0. The van der Waals surface area contributed by atoms with Gasteiger partial charge in [0.05, 0.1) is 24.4 Å². The molecule has 0 saturated heterocycles. The zero-order valence-electron chi connectivity index (χ0n) is 16.1. The highest BCUT2D eigenvalue weighted by Crippen LogP contribution is 2.68. The van der Waals surface area contributed by atoms with Crippen LogP contribution in [0, 0.1) is 34.5 Å². The smallest absolute Gasteiger partial charge is 0.106 e. The van der Waals surface area contributed by atoms with E-state index in [0.29, 0.717) is 24.7 Å². The number of fused-ring (bicyclic) bond motifs is 5. The van der Waals surface area contributed by atoms with Crippen LogP contribution in [0.25, 0.3) is 0 Å². The Bertz CT molecular complexity index is 555. The molecule has 4 fully saturated rings. The normalized spacial score (nSPS) is 57.8. The van der Waals surface area contributed by atoms with Gasteiger partial charge in [0.15, 0.2) is 0 Å². The zero-order valence-corrected chi connectivity index (χ0v) is 16.1. The van der Waals surface area contributed by atoms with Crippen molar-refractivity contribution in [2.45, 2.75) is 89.1 Å². The number of hydrogen-bond acceptors (Lipinski definition) is 5. The predicted octanol–water partition coefficient (Wildman–Crippen LogP) is 1.45. The predicted molar refractivity (Wildman–Crippen MR) is 97.2 cm³/mol. The van der Waals surface area contributed by atoms with Crippen molar-refractivity contribution in [3.63, 3.8) is 0 Å². The lowest BCUT2D eigenvalue weighted by molar-refractivity contribution is -0.224. The van der Waals surface area contributed by atoms with Crippen molar-refractivity contribution in [2.75, 3.05) is 6.61 Å². The molecule has 0 radical (unpaired) electrons. The molecule has 26 heavy (non-hydrogen) atoms. The van der Waals surface area contributed by atoms with Gasteiger partial charge in [-0.15, -0.1) is 0 Å². The molecular formula is C21H36O5. The highest BCUT2D eigenvalue weighted by molar-refractivity contribution is 5.17. The van der Waals surface area contributed by atoms with E-state index < -0.39 is 29.8 Å². The quantitative estimate of drug-likeness (QED) is 0.508. The van der Waals surface area contributed by atoms with Gasteiger partial charge >= 0.3 is 0 Å². The first-order chi connectivity index (χ1) is 12.2. The van der Waals surface area contributed by atoms with Gasteiger partial charge in [-0.2, -0.15) is 0 Å². The van der Waals surface area contributed by atoms with Gasteiger partial charge in [-0.1, -0.05) is 13.8 Å². The summed E-state index contributed by atoms with van der Waals surface area (Å²) in [6.45, 7) is 3.89. The van der Waals surface area contributed by atoms with Gasteiger partial charge in [-0.25, -0.2) is 0 Å². The van der Waals surface area contributed by atoms with Gasteiger partial charge in [0.1, 0.15) is 6.10 Å². The van der Waals surface area contributed by atoms with Gasteiger partial charge in [0.25, 0.3) is 0 Å². The largest absolute Gasteiger partial charge is 0.394 e. The lowest BCUT2D eigenvalue weighted by Gasteiger charge is -2.63. The van der Waals surface area contributed by atoms with Crippen LogP contribution in [0.5, 0.6) is 0 Å². The summed E-state index contributed by atoms with van der Waals surface area (Å²) >= 11 is 0. The fourth-order valence-electron chi connectivity index (χ4n) is 8.10. The minimum absolute atomic E-state index is 0.0548. The summed E-state index contributed by atoms with van der Waals surface area (Å²) in [5.74, 6) is 1.29. The van der Waals surface area contributed by atoms with E-state index in [1.807, 2.05) is 6.92 Å². The standard InChI is InChI=1S/C21H36O5/c1-19-7-5-13(23)9-12(19)3-4-14-15-6-8-21(26,17(25)11-22)20(15,2)10-16(24)18(14)19/h12-18,22-26H,3-11H2,1-2H3/t12-,13+,14-,15-,16-,17?,18+,19-,20-,21-/m0/s1. The average Bonchev–Trinajstić information content (AvgIpc) is 2.86. The van der Waals surface area contributed by atoms with Crippen molar-refractivity contribution in [3.05, 3.63) is 0 Å². The second-order valence-corrected chi connectivity index (χ2v) is 10.4. The molecule has 0 amide bonds. The van der Waals surface area contributed by atoms with Gasteiger partial charge in [0, 0.05) is 5.41 Å². The van der Waals surface area contributed by atoms with E-state index in [2.05, 4.69) is 6.92 Å². The van der Waals surface area contributed by atoms with Crippen molar-refractivity contribution in [1.82, 2.24) is 0 Å². The Labute approximate surface area is 156 Å². The van der Waals surface area contributed by atoms with Crippen LogP contribution >= 0.6 is 0 Å². The van der Waals surface area contributed by atoms with Crippen molar-refractivity contribution < 1.29 is 25.5 Å². The third kappa shape index (κ3) is 2.33. The summed E-state index contributed by atoms with van der Waals surface area (Å²) in [6.07, 6.45) is 4.70. The Morgan fingerprint density at radius 3 is 2.46 bits per heavy atom. The minimum Gasteiger partial charge on any atom is -0.394 e. The third-order valence-electron chi connectivity index (χ3n) is 9.51. The number of aliphatic hydroxyl groups is 5. The van der Waals surface area contributed by atoms with Crippen molar-refractivity contribution >= 4 is 0 Å². The summed E-state index contributed by atoms with van der Waals surface area (Å²) in [5.41, 5.74) is -1.83. The Kier molecular flexibility index (Phi) is 4.52. The molecule has 5 nitrogen and oxygen atoms in total. The maximum Gasteiger partial charge on any atom is 0.106 e. The molecule has 4 aliphatic rings. The molecule has 0 aromatic heterocycles. The van der Waals surface area contributed by atoms with Crippen LogP contribution in [0.3, 0.4) is 0 Å².